The van der Waals surface area contributed by atoms with Crippen LogP contribution in [0, 0.1) is 11.8 Å². The van der Waals surface area contributed by atoms with E-state index in [2.05, 4.69) is 10.6 Å². The Kier molecular flexibility index (Phi) is 8.29. The third kappa shape index (κ3) is 6.32. The number of rotatable bonds is 4. The van der Waals surface area contributed by atoms with Gasteiger partial charge in [-0.1, -0.05) is 48.5 Å². The second-order valence-corrected chi connectivity index (χ2v) is 11.3. The number of benzene rings is 2. The predicted molar refractivity (Wildman–Crippen MR) is 148 cm³/mol. The Labute approximate surface area is 230 Å². The maximum absolute atomic E-state index is 13.7. The van der Waals surface area contributed by atoms with Crippen LogP contribution in [-0.2, 0) is 20.8 Å². The van der Waals surface area contributed by atoms with E-state index in [0.29, 0.717) is 57.3 Å². The zero-order chi connectivity index (χ0) is 27.4. The Hall–Kier alpha value is -3.68. The summed E-state index contributed by atoms with van der Waals surface area (Å²) in [6.07, 6.45) is 3.68. The van der Waals surface area contributed by atoms with Gasteiger partial charge in [0.2, 0.25) is 17.7 Å². The predicted octanol–water partition coefficient (Wildman–Crippen LogP) is 2.78. The molecule has 206 valence electrons. The second kappa shape index (κ2) is 12.0. The molecule has 8 heteroatoms. The van der Waals surface area contributed by atoms with Crippen molar-refractivity contribution in [2.24, 2.45) is 11.8 Å². The first-order valence-electron chi connectivity index (χ1n) is 14.2. The Morgan fingerprint density at radius 2 is 1.64 bits per heavy atom. The molecule has 0 radical (unpaired) electrons. The van der Waals surface area contributed by atoms with Gasteiger partial charge >= 0.3 is 0 Å². The first-order valence-corrected chi connectivity index (χ1v) is 14.2. The van der Waals surface area contributed by atoms with E-state index in [9.17, 15) is 19.2 Å². The highest BCUT2D eigenvalue weighted by atomic mass is 16.2. The van der Waals surface area contributed by atoms with Gasteiger partial charge in [-0.05, 0) is 68.6 Å². The molecule has 8 nitrogen and oxygen atoms in total. The number of nitrogens with zero attached hydrogens (tertiary/aromatic N) is 2. The number of nitrogens with one attached hydrogen (secondary N) is 2. The van der Waals surface area contributed by atoms with Gasteiger partial charge in [0.05, 0.1) is 0 Å². The number of carbonyl (C=O) groups is 4. The summed E-state index contributed by atoms with van der Waals surface area (Å²) in [4.78, 5) is 56.9. The van der Waals surface area contributed by atoms with Gasteiger partial charge < -0.3 is 20.4 Å². The first-order chi connectivity index (χ1) is 18.9. The van der Waals surface area contributed by atoms with Gasteiger partial charge in [-0.25, -0.2) is 0 Å². The maximum atomic E-state index is 13.7. The molecule has 2 N–H and O–H groups in total. The lowest BCUT2D eigenvalue weighted by atomic mass is 9.77. The molecule has 3 saturated heterocycles. The van der Waals surface area contributed by atoms with E-state index < -0.39 is 12.1 Å². The standard InChI is InChI=1S/C31H38N4O4/c1-21-30(38)35-19-23-17-25(20-34(18-23)31(39)24-11-6-3-7-12-24)27(35)13-8-14-28(36)33-26(29(37)32-21)16-15-22-9-4-2-5-10-22/h2-7,9-12,21,23,25-27H,8,13-20H2,1H3,(H,32,37)(H,33,36)/t21-,23+,25-,26+,27+/m1/s1. The highest BCUT2D eigenvalue weighted by Gasteiger charge is 2.44. The van der Waals surface area contributed by atoms with Crippen LogP contribution >= 0.6 is 0 Å². The molecule has 39 heavy (non-hydrogen) atoms. The molecular formula is C31H38N4O4. The number of aryl methyl sites for hydroxylation is 1. The van der Waals surface area contributed by atoms with E-state index in [1.54, 1.807) is 6.92 Å². The number of amides is 4. The summed E-state index contributed by atoms with van der Waals surface area (Å²) in [7, 11) is 0. The summed E-state index contributed by atoms with van der Waals surface area (Å²) < 4.78 is 0. The van der Waals surface area contributed by atoms with E-state index in [1.807, 2.05) is 70.5 Å². The molecule has 0 aromatic heterocycles. The molecule has 0 aliphatic carbocycles. The second-order valence-electron chi connectivity index (χ2n) is 11.3. The smallest absolute Gasteiger partial charge is 0.253 e. The van der Waals surface area contributed by atoms with E-state index in [0.717, 1.165) is 12.0 Å². The number of hydrogen-bond donors (Lipinski definition) is 2. The van der Waals surface area contributed by atoms with Crippen LogP contribution in [0.25, 0.3) is 0 Å². The molecule has 4 amide bonds. The van der Waals surface area contributed by atoms with Crippen molar-refractivity contribution in [1.82, 2.24) is 20.4 Å². The molecule has 3 aliphatic heterocycles. The van der Waals surface area contributed by atoms with E-state index in [4.69, 9.17) is 0 Å². The van der Waals surface area contributed by atoms with Gasteiger partial charge in [0, 0.05) is 37.7 Å². The maximum Gasteiger partial charge on any atom is 0.253 e. The van der Waals surface area contributed by atoms with Gasteiger partial charge in [0.1, 0.15) is 12.1 Å². The number of fused-ring (bicyclic) bond motifs is 4. The summed E-state index contributed by atoms with van der Waals surface area (Å²) in [6.45, 7) is 3.50. The molecule has 3 aliphatic rings. The normalized spacial score (nSPS) is 27.9. The summed E-state index contributed by atoms with van der Waals surface area (Å²) >= 11 is 0. The van der Waals surface area contributed by atoms with E-state index in [1.165, 1.54) is 0 Å². The van der Waals surface area contributed by atoms with Gasteiger partial charge in [-0.15, -0.1) is 0 Å². The largest absolute Gasteiger partial charge is 0.344 e. The number of carbonyl (C=O) groups excluding carboxylic acids is 4. The van der Waals surface area contributed by atoms with Crippen molar-refractivity contribution >= 4 is 23.6 Å². The Bertz CT molecular complexity index is 1190. The average Bonchev–Trinajstić information content (AvgIpc) is 2.95. The molecule has 2 aromatic carbocycles. The molecule has 0 saturated carbocycles. The number of likely N-dealkylation sites (tertiary alicyclic amines) is 1. The lowest BCUT2D eigenvalue weighted by Gasteiger charge is -2.51. The zero-order valence-electron chi connectivity index (χ0n) is 22.6. The first kappa shape index (κ1) is 26.9. The zero-order valence-corrected chi connectivity index (χ0v) is 22.6. The number of hydrogen-bond acceptors (Lipinski definition) is 4. The van der Waals surface area contributed by atoms with Crippen molar-refractivity contribution in [3.8, 4) is 0 Å². The van der Waals surface area contributed by atoms with Crippen molar-refractivity contribution in [1.29, 1.82) is 0 Å². The van der Waals surface area contributed by atoms with Crippen LogP contribution in [-0.4, -0.2) is 71.2 Å². The van der Waals surface area contributed by atoms with Gasteiger partial charge in [0.15, 0.2) is 0 Å². The van der Waals surface area contributed by atoms with Crippen LogP contribution in [0.15, 0.2) is 60.7 Å². The quantitative estimate of drug-likeness (QED) is 0.635. The van der Waals surface area contributed by atoms with Crippen LogP contribution in [0.1, 0.15) is 54.9 Å². The number of piperidine rings is 2. The SMILES string of the molecule is C[C@H]1NC(=O)[C@H](CCc2ccccc2)NC(=O)CCC[C@H]2[C@@H]3C[C@@H](CN(C(=O)c4ccccc4)C3)CN2C1=O. The fraction of sp³-hybridized carbons (Fsp3) is 0.484. The van der Waals surface area contributed by atoms with Crippen molar-refractivity contribution < 1.29 is 19.2 Å². The molecule has 3 heterocycles. The molecule has 3 fully saturated rings. The fourth-order valence-corrected chi connectivity index (χ4v) is 6.49. The van der Waals surface area contributed by atoms with Crippen molar-refractivity contribution in [2.45, 2.75) is 63.6 Å². The molecule has 2 bridgehead atoms. The minimum atomic E-state index is -0.698. The summed E-state index contributed by atoms with van der Waals surface area (Å²) in [6, 6.07) is 17.7. The topological polar surface area (TPSA) is 98.8 Å². The monoisotopic (exact) mass is 530 g/mol. The Balaban J connectivity index is 1.29. The lowest BCUT2D eigenvalue weighted by Crippen LogP contribution is -2.63. The summed E-state index contributed by atoms with van der Waals surface area (Å²) in [5.74, 6) is -0.197. The highest BCUT2D eigenvalue weighted by Crippen LogP contribution is 2.36. The van der Waals surface area contributed by atoms with Crippen LogP contribution in [0.4, 0.5) is 0 Å². The average molecular weight is 531 g/mol. The third-order valence-corrected chi connectivity index (χ3v) is 8.41. The Morgan fingerprint density at radius 3 is 2.38 bits per heavy atom. The van der Waals surface area contributed by atoms with E-state index >= 15 is 0 Å². The molecular weight excluding hydrogens is 492 g/mol. The lowest BCUT2D eigenvalue weighted by molar-refractivity contribution is -0.145. The van der Waals surface area contributed by atoms with Crippen LogP contribution in [0.3, 0.4) is 0 Å². The highest BCUT2D eigenvalue weighted by molar-refractivity contribution is 5.94. The van der Waals surface area contributed by atoms with E-state index in [-0.39, 0.29) is 41.5 Å². The van der Waals surface area contributed by atoms with Crippen LogP contribution < -0.4 is 10.6 Å². The van der Waals surface area contributed by atoms with Crippen molar-refractivity contribution in [2.75, 3.05) is 19.6 Å². The van der Waals surface area contributed by atoms with Gasteiger partial charge in [0.25, 0.3) is 5.91 Å². The van der Waals surface area contributed by atoms with Crippen LogP contribution in [0.2, 0.25) is 0 Å². The molecule has 5 atom stereocenters. The molecule has 5 rings (SSSR count). The summed E-state index contributed by atoms with van der Waals surface area (Å²) in [5.41, 5.74) is 1.77. The molecule has 0 unspecified atom stereocenters. The Morgan fingerprint density at radius 1 is 0.923 bits per heavy atom. The fourth-order valence-electron chi connectivity index (χ4n) is 6.49. The summed E-state index contributed by atoms with van der Waals surface area (Å²) in [5, 5.41) is 5.81. The minimum absolute atomic E-state index is 0.0276. The molecule has 0 spiro atoms. The van der Waals surface area contributed by atoms with Crippen LogP contribution in [0.5, 0.6) is 0 Å². The molecule has 2 aromatic rings. The van der Waals surface area contributed by atoms with Gasteiger partial charge in [-0.3, -0.25) is 19.2 Å². The van der Waals surface area contributed by atoms with Gasteiger partial charge in [-0.2, -0.15) is 0 Å². The minimum Gasteiger partial charge on any atom is -0.344 e. The third-order valence-electron chi connectivity index (χ3n) is 8.41. The van der Waals surface area contributed by atoms with Crippen molar-refractivity contribution in [3.05, 3.63) is 71.8 Å². The van der Waals surface area contributed by atoms with Crippen molar-refractivity contribution in [3.63, 3.8) is 0 Å².